The highest BCUT2D eigenvalue weighted by Crippen LogP contribution is 2.51. The summed E-state index contributed by atoms with van der Waals surface area (Å²) in [4.78, 5) is 17.7. The Balaban J connectivity index is 2.39. The van der Waals surface area contributed by atoms with Gasteiger partial charge in [-0.25, -0.2) is 0 Å². The van der Waals surface area contributed by atoms with Crippen molar-refractivity contribution >= 4 is 18.2 Å². The maximum atomic E-state index is 13.4. The Kier molecular flexibility index (Phi) is 5.45. The van der Waals surface area contributed by atoms with Crippen molar-refractivity contribution in [2.45, 2.75) is 32.0 Å². The molecule has 2 rings (SSSR count). The summed E-state index contributed by atoms with van der Waals surface area (Å²) in [6.45, 7) is 5.18. The van der Waals surface area contributed by atoms with Crippen LogP contribution in [0.5, 0.6) is 0 Å². The molecule has 0 saturated carbocycles. The highest BCUT2D eigenvalue weighted by molar-refractivity contribution is 5.81. The number of hydrogen-bond donors (Lipinski definition) is 0. The van der Waals surface area contributed by atoms with E-state index in [0.29, 0.717) is 24.1 Å². The summed E-state index contributed by atoms with van der Waals surface area (Å²) in [6, 6.07) is 2.77. The molecule has 1 aliphatic heterocycles. The fourth-order valence-electron chi connectivity index (χ4n) is 2.60. The Bertz CT molecular complexity index is 637. The quantitative estimate of drug-likeness (QED) is 0.585. The van der Waals surface area contributed by atoms with Crippen LogP contribution in [-0.2, 0) is 10.3 Å². The van der Waals surface area contributed by atoms with Gasteiger partial charge in [0.05, 0.1) is 12.3 Å². The van der Waals surface area contributed by atoms with Crippen molar-refractivity contribution in [3.05, 3.63) is 28.8 Å². The lowest BCUT2D eigenvalue weighted by Gasteiger charge is -2.44. The lowest BCUT2D eigenvalue weighted by atomic mass is 9.82. The number of rotatable bonds is 6. The Labute approximate surface area is 139 Å². The molecule has 1 fully saturated rings. The van der Waals surface area contributed by atoms with Gasteiger partial charge < -0.3 is 9.64 Å². The van der Waals surface area contributed by atoms with Crippen molar-refractivity contribution in [3.8, 4) is 0 Å². The van der Waals surface area contributed by atoms with Crippen LogP contribution < -0.4 is 0 Å². The number of alkyl halides is 3. The number of benzene rings is 1. The van der Waals surface area contributed by atoms with E-state index in [2.05, 4.69) is 4.99 Å². The van der Waals surface area contributed by atoms with E-state index in [1.165, 1.54) is 12.1 Å². The van der Waals surface area contributed by atoms with E-state index in [0.717, 1.165) is 6.54 Å². The predicted octanol–water partition coefficient (Wildman–Crippen LogP) is 3.64. The molecular formula is C17H21F3N2O2. The third-order valence-electron chi connectivity index (χ3n) is 4.35. The van der Waals surface area contributed by atoms with E-state index in [-0.39, 0.29) is 24.2 Å². The summed E-state index contributed by atoms with van der Waals surface area (Å²) in [5.41, 5.74) is -1.47. The minimum atomic E-state index is -4.57. The molecule has 0 aromatic heterocycles. The highest BCUT2D eigenvalue weighted by atomic mass is 19.4. The van der Waals surface area contributed by atoms with E-state index in [1.807, 2.05) is 18.9 Å². The normalized spacial score (nSPS) is 21.3. The van der Waals surface area contributed by atoms with E-state index < -0.39 is 11.8 Å². The summed E-state index contributed by atoms with van der Waals surface area (Å²) in [6.07, 6.45) is -2.63. The molecule has 0 bridgehead atoms. The van der Waals surface area contributed by atoms with Gasteiger partial charge in [-0.2, -0.15) is 13.2 Å². The third-order valence-corrected chi connectivity index (χ3v) is 4.35. The number of hydrogen-bond acceptors (Lipinski definition) is 4. The molecule has 1 aromatic rings. The number of aliphatic imine (C=N–C) groups is 1. The first kappa shape index (κ1) is 18.6. The maximum absolute atomic E-state index is 13.4. The van der Waals surface area contributed by atoms with Crippen LogP contribution in [-0.4, -0.2) is 50.3 Å². The van der Waals surface area contributed by atoms with Crippen molar-refractivity contribution in [2.24, 2.45) is 4.99 Å². The van der Waals surface area contributed by atoms with Crippen LogP contribution in [0.1, 0.15) is 34.8 Å². The molecule has 0 amide bonds. The molecule has 4 nitrogen and oxygen atoms in total. The second kappa shape index (κ2) is 7.03. The topological polar surface area (TPSA) is 41.9 Å². The summed E-state index contributed by atoms with van der Waals surface area (Å²) in [5.74, 6) is 0. The number of halogens is 3. The van der Waals surface area contributed by atoms with Crippen LogP contribution in [0.2, 0.25) is 0 Å². The number of carbonyl (C=O) groups excluding carboxylic acids is 1. The average Bonchev–Trinajstić information content (AvgIpc) is 2.46. The molecule has 1 unspecified atom stereocenters. The molecular weight excluding hydrogens is 321 g/mol. The second-order valence-corrected chi connectivity index (χ2v) is 5.93. The van der Waals surface area contributed by atoms with Crippen LogP contribution in [0.15, 0.2) is 17.1 Å². The monoisotopic (exact) mass is 342 g/mol. The summed E-state index contributed by atoms with van der Waals surface area (Å²) >= 11 is 0. The Morgan fingerprint density at radius 1 is 1.42 bits per heavy atom. The molecule has 0 aliphatic carbocycles. The molecule has 1 aliphatic rings. The first-order chi connectivity index (χ1) is 11.2. The number of aldehydes is 1. The molecule has 0 N–H and O–H groups in total. The number of ether oxygens (including phenoxy) is 1. The van der Waals surface area contributed by atoms with Gasteiger partial charge in [-0.05, 0) is 38.2 Å². The molecule has 1 aromatic carbocycles. The molecule has 132 valence electrons. The number of aryl methyl sites for hydroxylation is 1. The molecule has 0 spiro atoms. The summed E-state index contributed by atoms with van der Waals surface area (Å²) in [7, 11) is 1.93. The molecule has 24 heavy (non-hydrogen) atoms. The molecule has 1 heterocycles. The zero-order chi connectivity index (χ0) is 18.0. The minimum Gasteiger partial charge on any atom is -0.361 e. The first-order valence-electron chi connectivity index (χ1n) is 7.77. The maximum Gasteiger partial charge on any atom is 0.421 e. The van der Waals surface area contributed by atoms with E-state index >= 15 is 0 Å². The van der Waals surface area contributed by atoms with E-state index in [4.69, 9.17) is 4.74 Å². The van der Waals surface area contributed by atoms with Crippen molar-refractivity contribution < 1.29 is 22.7 Å². The molecule has 1 saturated heterocycles. The fraction of sp³-hybridized carbons (Fsp3) is 0.529. The first-order valence-corrected chi connectivity index (χ1v) is 7.77. The van der Waals surface area contributed by atoms with E-state index in [9.17, 15) is 18.0 Å². The number of nitrogens with zero attached hydrogens (tertiary/aromatic N) is 2. The molecule has 7 heteroatoms. The molecule has 0 radical (unpaired) electrons. The van der Waals surface area contributed by atoms with Gasteiger partial charge in [-0.1, -0.05) is 6.92 Å². The largest absolute Gasteiger partial charge is 0.421 e. The van der Waals surface area contributed by atoms with Gasteiger partial charge >= 0.3 is 6.18 Å². The van der Waals surface area contributed by atoms with Gasteiger partial charge in [-0.3, -0.25) is 9.79 Å². The Morgan fingerprint density at radius 2 is 2.08 bits per heavy atom. The van der Waals surface area contributed by atoms with Crippen LogP contribution in [0.25, 0.3) is 0 Å². The van der Waals surface area contributed by atoms with Gasteiger partial charge in [0.15, 0.2) is 11.9 Å². The second-order valence-electron chi connectivity index (χ2n) is 5.93. The van der Waals surface area contributed by atoms with Crippen molar-refractivity contribution in [1.29, 1.82) is 0 Å². The van der Waals surface area contributed by atoms with Gasteiger partial charge in [0.1, 0.15) is 0 Å². The zero-order valence-electron chi connectivity index (χ0n) is 14.0. The molecule has 1 atom stereocenters. The van der Waals surface area contributed by atoms with Crippen LogP contribution in [0.3, 0.4) is 0 Å². The van der Waals surface area contributed by atoms with Crippen LogP contribution in [0.4, 0.5) is 18.9 Å². The summed E-state index contributed by atoms with van der Waals surface area (Å²) in [5, 5.41) is 0. The Hall–Kier alpha value is -1.73. The third kappa shape index (κ3) is 3.37. The fourth-order valence-corrected chi connectivity index (χ4v) is 2.60. The standard InChI is InChI=1S/C17H21F3N2O2/c1-4-22(3)7-6-21-15-10-13(11-23)14(9-12(15)2)16(5-8-24-16)17(18,19)20/h6,9-11H,4-5,7-8H2,1-3H3/b21-6+. The zero-order valence-corrected chi connectivity index (χ0v) is 14.0. The van der Waals surface area contributed by atoms with Gasteiger partial charge in [0.2, 0.25) is 0 Å². The number of carbonyl (C=O) groups is 1. The SMILES string of the molecule is CCN(C)C/C=N/c1cc(C=O)c(C2(C(F)(F)F)CCO2)cc1C. The van der Waals surface area contributed by atoms with Crippen molar-refractivity contribution in [1.82, 2.24) is 4.90 Å². The summed E-state index contributed by atoms with van der Waals surface area (Å²) < 4.78 is 45.2. The van der Waals surface area contributed by atoms with Gasteiger partial charge in [-0.15, -0.1) is 0 Å². The van der Waals surface area contributed by atoms with Crippen LogP contribution in [0, 0.1) is 6.92 Å². The minimum absolute atomic E-state index is 0.0279. The average molecular weight is 342 g/mol. The van der Waals surface area contributed by atoms with Crippen molar-refractivity contribution in [3.63, 3.8) is 0 Å². The lowest BCUT2D eigenvalue weighted by molar-refractivity contribution is -0.333. The van der Waals surface area contributed by atoms with Gasteiger partial charge in [0, 0.05) is 30.3 Å². The predicted molar refractivity (Wildman–Crippen MR) is 86.2 cm³/mol. The Morgan fingerprint density at radius 3 is 2.54 bits per heavy atom. The van der Waals surface area contributed by atoms with Crippen LogP contribution >= 0.6 is 0 Å². The van der Waals surface area contributed by atoms with Gasteiger partial charge in [0.25, 0.3) is 0 Å². The van der Waals surface area contributed by atoms with E-state index in [1.54, 1.807) is 13.1 Å². The van der Waals surface area contributed by atoms with Crippen molar-refractivity contribution in [2.75, 3.05) is 26.7 Å². The highest BCUT2D eigenvalue weighted by Gasteiger charge is 2.62. The lowest BCUT2D eigenvalue weighted by Crippen LogP contribution is -2.53. The smallest absolute Gasteiger partial charge is 0.361 e.